The number of aliphatic hydroxyl groups excluding tert-OH is 2. The fraction of sp³-hybridized carbons (Fsp3) is 0.458. The SMILES string of the molecule is C=CCOC12Oc3ccc(OC(=O)NCC)cc3C3C(CCCCO)C(CCCCO)C=C(C(=NOCc4ccccc4)CC1N(CCC)C(=O)c1ccc(C#N)cc1)C32. The van der Waals surface area contributed by atoms with Gasteiger partial charge in [-0.15, -0.1) is 6.58 Å². The first kappa shape index (κ1) is 44.1. The van der Waals surface area contributed by atoms with Crippen LogP contribution in [-0.2, 0) is 16.2 Å². The molecule has 0 saturated heterocycles. The summed E-state index contributed by atoms with van der Waals surface area (Å²) in [6.45, 7) is 9.15. The van der Waals surface area contributed by atoms with Crippen molar-refractivity contribution in [1.82, 2.24) is 10.2 Å². The molecule has 6 unspecified atom stereocenters. The van der Waals surface area contributed by atoms with Gasteiger partial charge in [-0.25, -0.2) is 4.79 Å². The number of nitrogens with zero attached hydrogens (tertiary/aromatic N) is 3. The van der Waals surface area contributed by atoms with Crippen molar-refractivity contribution in [2.24, 2.45) is 22.9 Å². The summed E-state index contributed by atoms with van der Waals surface area (Å²) in [6.07, 6.45) is 8.69. The molecular formula is C48H58N4O8. The van der Waals surface area contributed by atoms with Gasteiger partial charge >= 0.3 is 6.09 Å². The van der Waals surface area contributed by atoms with E-state index in [2.05, 4.69) is 24.0 Å². The number of amides is 2. The van der Waals surface area contributed by atoms with Gasteiger partial charge in [0, 0.05) is 49.8 Å². The van der Waals surface area contributed by atoms with E-state index in [-0.39, 0.29) is 56.5 Å². The summed E-state index contributed by atoms with van der Waals surface area (Å²) in [7, 11) is 0. The largest absolute Gasteiger partial charge is 0.459 e. The fourth-order valence-corrected chi connectivity index (χ4v) is 9.25. The van der Waals surface area contributed by atoms with E-state index in [1.807, 2.05) is 61.2 Å². The molecule has 3 aromatic rings. The Labute approximate surface area is 353 Å². The van der Waals surface area contributed by atoms with E-state index in [1.165, 1.54) is 0 Å². The van der Waals surface area contributed by atoms with Gasteiger partial charge in [-0.05, 0) is 104 Å². The number of fused-ring (bicyclic) bond motifs is 2. The van der Waals surface area contributed by atoms with Crippen molar-refractivity contribution in [1.29, 1.82) is 5.26 Å². The maximum absolute atomic E-state index is 14.9. The second-order valence-corrected chi connectivity index (χ2v) is 15.6. The topological polar surface area (TPSA) is 163 Å². The van der Waals surface area contributed by atoms with Crippen LogP contribution in [0.15, 0.2) is 102 Å². The Morgan fingerprint density at radius 3 is 2.47 bits per heavy atom. The van der Waals surface area contributed by atoms with Crippen molar-refractivity contribution < 1.29 is 38.9 Å². The highest BCUT2D eigenvalue weighted by Crippen LogP contribution is 2.62. The van der Waals surface area contributed by atoms with Crippen LogP contribution in [0.5, 0.6) is 11.5 Å². The minimum atomic E-state index is -1.44. The number of carbonyl (C=O) groups is 2. The summed E-state index contributed by atoms with van der Waals surface area (Å²) < 4.78 is 20.1. The molecule has 3 N–H and O–H groups in total. The molecule has 6 atom stereocenters. The van der Waals surface area contributed by atoms with Crippen molar-refractivity contribution in [3.8, 4) is 17.6 Å². The normalized spacial score (nSPS) is 23.2. The molecule has 3 aromatic carbocycles. The van der Waals surface area contributed by atoms with Crippen LogP contribution >= 0.6 is 0 Å². The van der Waals surface area contributed by atoms with Gasteiger partial charge in [0.05, 0.1) is 29.9 Å². The number of rotatable bonds is 20. The van der Waals surface area contributed by atoms with Gasteiger partial charge in [-0.2, -0.15) is 5.26 Å². The lowest BCUT2D eigenvalue weighted by Gasteiger charge is -2.60. The smallest absolute Gasteiger partial charge is 0.412 e. The Morgan fingerprint density at radius 2 is 1.78 bits per heavy atom. The minimum Gasteiger partial charge on any atom is -0.459 e. The van der Waals surface area contributed by atoms with Gasteiger partial charge in [-0.3, -0.25) is 4.79 Å². The number of allylic oxidation sites excluding steroid dienone is 1. The van der Waals surface area contributed by atoms with Crippen LogP contribution in [0.1, 0.15) is 98.2 Å². The molecule has 1 aliphatic heterocycles. The highest BCUT2D eigenvalue weighted by Gasteiger charge is 2.65. The van der Waals surface area contributed by atoms with Crippen LogP contribution in [0.4, 0.5) is 4.79 Å². The van der Waals surface area contributed by atoms with Gasteiger partial charge in [0.1, 0.15) is 24.1 Å². The van der Waals surface area contributed by atoms with Crippen molar-refractivity contribution in [2.75, 3.05) is 32.9 Å². The number of nitrogens with one attached hydrogen (secondary N) is 1. The maximum atomic E-state index is 14.9. The number of hydrogen-bond acceptors (Lipinski definition) is 10. The van der Waals surface area contributed by atoms with Gasteiger partial charge in [-0.1, -0.05) is 67.4 Å². The summed E-state index contributed by atoms with van der Waals surface area (Å²) in [4.78, 5) is 35.6. The first-order valence-electron chi connectivity index (χ1n) is 21.3. The Morgan fingerprint density at radius 1 is 1.03 bits per heavy atom. The average molecular weight is 819 g/mol. The maximum Gasteiger partial charge on any atom is 0.412 e. The van der Waals surface area contributed by atoms with E-state index in [0.717, 1.165) is 42.4 Å². The first-order valence-corrected chi connectivity index (χ1v) is 21.3. The Bertz CT molecular complexity index is 2030. The number of nitriles is 1. The number of aliphatic hydroxyl groups is 2. The molecule has 12 heteroatoms. The molecule has 2 aliphatic carbocycles. The lowest BCUT2D eigenvalue weighted by molar-refractivity contribution is -0.254. The number of oxime groups is 1. The van der Waals surface area contributed by atoms with Crippen LogP contribution in [0.25, 0.3) is 0 Å². The van der Waals surface area contributed by atoms with E-state index in [0.29, 0.717) is 60.7 Å². The van der Waals surface area contributed by atoms with Crippen molar-refractivity contribution in [3.05, 3.63) is 119 Å². The van der Waals surface area contributed by atoms with Gasteiger partial charge < -0.3 is 39.5 Å². The van der Waals surface area contributed by atoms with Crippen LogP contribution in [0.3, 0.4) is 0 Å². The molecule has 1 saturated carbocycles. The molecule has 0 spiro atoms. The predicted molar refractivity (Wildman–Crippen MR) is 228 cm³/mol. The van der Waals surface area contributed by atoms with E-state index < -0.39 is 23.8 Å². The number of unbranched alkanes of at least 4 members (excludes halogenated alkanes) is 2. The number of hydrogen-bond donors (Lipinski definition) is 3. The van der Waals surface area contributed by atoms with Crippen LogP contribution in [0, 0.1) is 29.1 Å². The Kier molecular flexibility index (Phi) is 15.5. The molecule has 0 bridgehead atoms. The van der Waals surface area contributed by atoms with Crippen LogP contribution in [0.2, 0.25) is 0 Å². The lowest BCUT2D eigenvalue weighted by atomic mass is 9.55. The summed E-state index contributed by atoms with van der Waals surface area (Å²) >= 11 is 0. The molecular weight excluding hydrogens is 761 g/mol. The Hall–Kier alpha value is -5.48. The highest BCUT2D eigenvalue weighted by atomic mass is 16.7. The van der Waals surface area contributed by atoms with Crippen molar-refractivity contribution in [3.63, 3.8) is 0 Å². The van der Waals surface area contributed by atoms with Crippen LogP contribution in [-0.4, -0.2) is 77.6 Å². The molecule has 60 heavy (non-hydrogen) atoms. The summed E-state index contributed by atoms with van der Waals surface area (Å²) in [5, 5.41) is 36.9. The quantitative estimate of drug-likeness (QED) is 0.0582. The number of benzene rings is 3. The van der Waals surface area contributed by atoms with E-state index >= 15 is 0 Å². The molecule has 318 valence electrons. The number of carbonyl (C=O) groups excluding carboxylic acids is 2. The Balaban J connectivity index is 1.59. The molecule has 0 aromatic heterocycles. The lowest BCUT2D eigenvalue weighted by Crippen LogP contribution is -2.70. The monoisotopic (exact) mass is 818 g/mol. The van der Waals surface area contributed by atoms with Gasteiger partial charge in [0.25, 0.3) is 5.91 Å². The average Bonchev–Trinajstić information content (AvgIpc) is 3.26. The second-order valence-electron chi connectivity index (χ2n) is 15.6. The zero-order valence-corrected chi connectivity index (χ0v) is 34.8. The third-order valence-electron chi connectivity index (χ3n) is 11.8. The number of ether oxygens (including phenoxy) is 3. The first-order chi connectivity index (χ1) is 29.3. The van der Waals surface area contributed by atoms with Crippen LogP contribution < -0.4 is 14.8 Å². The molecule has 1 heterocycles. The summed E-state index contributed by atoms with van der Waals surface area (Å²) in [6, 6.07) is 23.3. The summed E-state index contributed by atoms with van der Waals surface area (Å²) in [5.74, 6) is -1.55. The van der Waals surface area contributed by atoms with E-state index in [1.54, 1.807) is 36.4 Å². The molecule has 1 fully saturated rings. The van der Waals surface area contributed by atoms with Gasteiger partial charge in [0.15, 0.2) is 0 Å². The zero-order valence-electron chi connectivity index (χ0n) is 34.8. The minimum absolute atomic E-state index is 0.00263. The predicted octanol–water partition coefficient (Wildman–Crippen LogP) is 8.05. The van der Waals surface area contributed by atoms with E-state index in [4.69, 9.17) is 24.2 Å². The fourth-order valence-electron chi connectivity index (χ4n) is 9.25. The van der Waals surface area contributed by atoms with Gasteiger partial charge in [0.2, 0.25) is 5.79 Å². The molecule has 2 amide bonds. The summed E-state index contributed by atoms with van der Waals surface area (Å²) in [5.41, 5.74) is 4.26. The molecule has 3 aliphatic rings. The highest BCUT2D eigenvalue weighted by molar-refractivity contribution is 6.03. The zero-order chi connectivity index (χ0) is 42.5. The third-order valence-corrected chi connectivity index (χ3v) is 11.8. The second kappa shape index (κ2) is 21.2. The van der Waals surface area contributed by atoms with Crippen molar-refractivity contribution >= 4 is 17.7 Å². The molecule has 12 nitrogen and oxygen atoms in total. The van der Waals surface area contributed by atoms with E-state index in [9.17, 15) is 25.1 Å². The third kappa shape index (κ3) is 9.76. The molecule has 0 radical (unpaired) electrons. The standard InChI is InChI=1S/C48H58N4O8/c1-4-24-52(46(55)35-20-18-33(31-49)19-21-35)43-30-41(51-58-32-34-14-8-7-9-15-34)39-28-36(16-10-12-25-53)38(17-11-13-26-54)44-40-29-37(59-47(56)50-6-3)22-23-42(40)60-48(43,45(39)44)57-27-5-2/h5,7-9,14-15,18-23,28-29,36,38,43-45,53-54H,2,4,6,10-13,16-17,24-27,30,32H2,1,3H3,(H,50,56). The molecule has 6 rings (SSSR count). The van der Waals surface area contributed by atoms with Crippen molar-refractivity contribution in [2.45, 2.75) is 89.6 Å².